The van der Waals surface area contributed by atoms with Crippen LogP contribution >= 0.6 is 0 Å². The smallest absolute Gasteiger partial charge is 0.252 e. The number of aryl methyl sites for hydroxylation is 1. The number of benzene rings is 1. The third-order valence-corrected chi connectivity index (χ3v) is 4.10. The van der Waals surface area contributed by atoms with Gasteiger partial charge in [0.1, 0.15) is 0 Å². The van der Waals surface area contributed by atoms with Gasteiger partial charge < -0.3 is 20.5 Å². The maximum Gasteiger partial charge on any atom is 0.252 e. The maximum atomic E-state index is 12.6. The van der Waals surface area contributed by atoms with Crippen molar-refractivity contribution in [3.8, 4) is 11.5 Å². The minimum atomic E-state index is -0.364. The molecule has 1 aromatic carbocycles. The van der Waals surface area contributed by atoms with Crippen LogP contribution < -0.4 is 20.5 Å². The molecule has 0 saturated heterocycles. The highest BCUT2D eigenvalue weighted by Crippen LogP contribution is 2.30. The largest absolute Gasteiger partial charge is 0.493 e. The summed E-state index contributed by atoms with van der Waals surface area (Å²) in [6.45, 7) is 6.34. The lowest BCUT2D eigenvalue weighted by atomic mass is 9.92. The fourth-order valence-corrected chi connectivity index (χ4v) is 2.30. The molecule has 0 bridgehead atoms. The molecule has 1 amide bonds. The van der Waals surface area contributed by atoms with Crippen LogP contribution in [0.15, 0.2) is 12.1 Å². The Morgan fingerprint density at radius 3 is 2.14 bits per heavy atom. The standard InChI is InChI=1S/C16H26N2O3/c1-6-16(7-2,10-17)18-15(19)12-9-14(21-5)13(20-4)8-11(12)3/h8-9H,6-7,10,17H2,1-5H3,(H,18,19). The van der Waals surface area contributed by atoms with Crippen LogP contribution in [-0.4, -0.2) is 32.2 Å². The van der Waals surface area contributed by atoms with Crippen LogP contribution in [0.4, 0.5) is 0 Å². The highest BCUT2D eigenvalue weighted by Gasteiger charge is 2.27. The monoisotopic (exact) mass is 294 g/mol. The average molecular weight is 294 g/mol. The Bertz CT molecular complexity index is 488. The van der Waals surface area contributed by atoms with Crippen LogP contribution in [0, 0.1) is 6.92 Å². The molecule has 0 aromatic heterocycles. The quantitative estimate of drug-likeness (QED) is 0.809. The van der Waals surface area contributed by atoms with E-state index in [1.807, 2.05) is 20.8 Å². The lowest BCUT2D eigenvalue weighted by Crippen LogP contribution is -2.53. The van der Waals surface area contributed by atoms with Crippen molar-refractivity contribution in [2.75, 3.05) is 20.8 Å². The van der Waals surface area contributed by atoms with Crippen molar-refractivity contribution in [3.63, 3.8) is 0 Å². The van der Waals surface area contributed by atoms with Gasteiger partial charge >= 0.3 is 0 Å². The minimum absolute atomic E-state index is 0.136. The van der Waals surface area contributed by atoms with Gasteiger partial charge in [-0.1, -0.05) is 13.8 Å². The number of carbonyl (C=O) groups excluding carboxylic acids is 1. The van der Waals surface area contributed by atoms with Gasteiger partial charge in [0.25, 0.3) is 5.91 Å². The second-order valence-electron chi connectivity index (χ2n) is 5.17. The van der Waals surface area contributed by atoms with Gasteiger partial charge in [0.15, 0.2) is 11.5 Å². The molecule has 0 aliphatic carbocycles. The highest BCUT2D eigenvalue weighted by molar-refractivity contribution is 5.97. The Labute approximate surface area is 126 Å². The highest BCUT2D eigenvalue weighted by atomic mass is 16.5. The summed E-state index contributed by atoms with van der Waals surface area (Å²) >= 11 is 0. The Morgan fingerprint density at radius 2 is 1.71 bits per heavy atom. The summed E-state index contributed by atoms with van der Waals surface area (Å²) in [7, 11) is 3.13. The van der Waals surface area contributed by atoms with Gasteiger partial charge in [-0.15, -0.1) is 0 Å². The van der Waals surface area contributed by atoms with E-state index in [4.69, 9.17) is 15.2 Å². The summed E-state index contributed by atoms with van der Waals surface area (Å²) < 4.78 is 10.5. The summed E-state index contributed by atoms with van der Waals surface area (Å²) in [5.74, 6) is 1.02. The van der Waals surface area contributed by atoms with Gasteiger partial charge in [-0.2, -0.15) is 0 Å². The molecule has 0 aliphatic rings. The van der Waals surface area contributed by atoms with E-state index in [1.165, 1.54) is 0 Å². The van der Waals surface area contributed by atoms with E-state index in [9.17, 15) is 4.79 Å². The number of nitrogens with one attached hydrogen (secondary N) is 1. The molecule has 0 atom stereocenters. The third kappa shape index (κ3) is 3.67. The molecule has 5 nitrogen and oxygen atoms in total. The number of methoxy groups -OCH3 is 2. The Hall–Kier alpha value is -1.75. The minimum Gasteiger partial charge on any atom is -0.493 e. The van der Waals surface area contributed by atoms with Gasteiger partial charge in [-0.3, -0.25) is 4.79 Å². The van der Waals surface area contributed by atoms with Crippen molar-refractivity contribution < 1.29 is 14.3 Å². The molecule has 3 N–H and O–H groups in total. The predicted octanol–water partition coefficient (Wildman–Crippen LogP) is 2.26. The zero-order valence-electron chi connectivity index (χ0n) is 13.6. The van der Waals surface area contributed by atoms with Crippen LogP contribution in [0.1, 0.15) is 42.6 Å². The van der Waals surface area contributed by atoms with E-state index in [2.05, 4.69) is 5.32 Å². The van der Waals surface area contributed by atoms with Crippen molar-refractivity contribution in [1.82, 2.24) is 5.32 Å². The molecule has 118 valence electrons. The van der Waals surface area contributed by atoms with Crippen LogP contribution in [0.5, 0.6) is 11.5 Å². The first kappa shape index (κ1) is 17.3. The maximum absolute atomic E-state index is 12.6. The zero-order chi connectivity index (χ0) is 16.0. The van der Waals surface area contributed by atoms with Crippen LogP contribution in [0.3, 0.4) is 0 Å². The molecule has 0 spiro atoms. The fraction of sp³-hybridized carbons (Fsp3) is 0.562. The first-order chi connectivity index (χ1) is 9.96. The first-order valence-corrected chi connectivity index (χ1v) is 7.22. The molecule has 0 saturated carbocycles. The second kappa shape index (κ2) is 7.31. The number of rotatable bonds is 7. The summed E-state index contributed by atoms with van der Waals surface area (Å²) in [6, 6.07) is 3.51. The molecular formula is C16H26N2O3. The lowest BCUT2D eigenvalue weighted by molar-refractivity contribution is 0.0894. The number of amides is 1. The Balaban J connectivity index is 3.13. The topological polar surface area (TPSA) is 73.6 Å². The van der Waals surface area contributed by atoms with E-state index in [1.54, 1.807) is 26.4 Å². The predicted molar refractivity (Wildman–Crippen MR) is 84.1 cm³/mol. The van der Waals surface area contributed by atoms with Crippen LogP contribution in [-0.2, 0) is 0 Å². The molecule has 0 aliphatic heterocycles. The number of ether oxygens (including phenoxy) is 2. The van der Waals surface area contributed by atoms with Gasteiger partial charge in [0.2, 0.25) is 0 Å². The second-order valence-corrected chi connectivity index (χ2v) is 5.17. The van der Waals surface area contributed by atoms with E-state index in [0.717, 1.165) is 18.4 Å². The summed E-state index contributed by atoms with van der Waals surface area (Å²) in [5.41, 5.74) is 6.88. The van der Waals surface area contributed by atoms with E-state index >= 15 is 0 Å². The van der Waals surface area contributed by atoms with E-state index in [-0.39, 0.29) is 11.4 Å². The molecule has 0 unspecified atom stereocenters. The number of carbonyl (C=O) groups is 1. The van der Waals surface area contributed by atoms with Crippen molar-refractivity contribution in [2.24, 2.45) is 5.73 Å². The molecular weight excluding hydrogens is 268 g/mol. The van der Waals surface area contributed by atoms with Gasteiger partial charge in [0.05, 0.1) is 19.8 Å². The van der Waals surface area contributed by atoms with Crippen LogP contribution in [0.25, 0.3) is 0 Å². The summed E-state index contributed by atoms with van der Waals surface area (Å²) in [5, 5.41) is 3.07. The molecule has 5 heteroatoms. The first-order valence-electron chi connectivity index (χ1n) is 7.22. The molecule has 1 aromatic rings. The van der Waals surface area contributed by atoms with Gasteiger partial charge in [-0.05, 0) is 37.5 Å². The average Bonchev–Trinajstić information content (AvgIpc) is 2.52. The molecule has 0 heterocycles. The zero-order valence-corrected chi connectivity index (χ0v) is 13.6. The lowest BCUT2D eigenvalue weighted by Gasteiger charge is -2.31. The van der Waals surface area contributed by atoms with Gasteiger partial charge in [0, 0.05) is 12.1 Å². The molecule has 0 radical (unpaired) electrons. The number of hydrogen-bond donors (Lipinski definition) is 2. The third-order valence-electron chi connectivity index (χ3n) is 4.10. The van der Waals surface area contributed by atoms with Crippen molar-refractivity contribution in [1.29, 1.82) is 0 Å². The summed E-state index contributed by atoms with van der Waals surface area (Å²) in [6.07, 6.45) is 1.58. The van der Waals surface area contributed by atoms with E-state index < -0.39 is 0 Å². The van der Waals surface area contributed by atoms with Crippen molar-refractivity contribution >= 4 is 5.91 Å². The number of hydrogen-bond acceptors (Lipinski definition) is 4. The van der Waals surface area contributed by atoms with Crippen molar-refractivity contribution in [3.05, 3.63) is 23.3 Å². The Morgan fingerprint density at radius 1 is 1.19 bits per heavy atom. The van der Waals surface area contributed by atoms with E-state index in [0.29, 0.717) is 23.6 Å². The number of nitrogens with two attached hydrogens (primary N) is 1. The van der Waals surface area contributed by atoms with Crippen molar-refractivity contribution in [2.45, 2.75) is 39.2 Å². The fourth-order valence-electron chi connectivity index (χ4n) is 2.30. The SMILES string of the molecule is CCC(CC)(CN)NC(=O)c1cc(OC)c(OC)cc1C. The van der Waals surface area contributed by atoms with Gasteiger partial charge in [-0.25, -0.2) is 0 Å². The molecule has 1 rings (SSSR count). The molecule has 0 fully saturated rings. The Kier molecular flexibility index (Phi) is 6.03. The molecule has 21 heavy (non-hydrogen) atoms. The normalized spacial score (nSPS) is 11.1. The summed E-state index contributed by atoms with van der Waals surface area (Å²) in [4.78, 5) is 12.6. The van der Waals surface area contributed by atoms with Crippen LogP contribution in [0.2, 0.25) is 0 Å².